The number of thioether (sulfide) groups is 1. The van der Waals surface area contributed by atoms with Gasteiger partial charge in [-0.2, -0.15) is 24.9 Å². The molecule has 0 bridgehead atoms. The van der Waals surface area contributed by atoms with Crippen LogP contribution in [0.2, 0.25) is 0 Å². The molecular weight excluding hydrogens is 280 g/mol. The van der Waals surface area contributed by atoms with E-state index in [1.165, 1.54) is 6.07 Å². The van der Waals surface area contributed by atoms with Gasteiger partial charge in [0.1, 0.15) is 5.82 Å². The molecule has 3 N–H and O–H groups in total. The predicted molar refractivity (Wildman–Crippen MR) is 66.9 cm³/mol. The van der Waals surface area contributed by atoms with Crippen LogP contribution < -0.4 is 11.3 Å². The molecule has 0 radical (unpaired) electrons. The van der Waals surface area contributed by atoms with E-state index in [4.69, 9.17) is 5.84 Å². The number of alkyl halides is 3. The molecule has 2 atom stereocenters. The monoisotopic (exact) mass is 294 g/mol. The molecule has 0 aliphatic carbocycles. The smallest absolute Gasteiger partial charge is 0.271 e. The van der Waals surface area contributed by atoms with E-state index in [2.05, 4.69) is 5.43 Å². The first-order valence-corrected chi connectivity index (χ1v) is 6.92. The predicted octanol–water partition coefficient (Wildman–Crippen LogP) is 3.24. The molecule has 1 saturated heterocycles. The van der Waals surface area contributed by atoms with Crippen molar-refractivity contribution in [3.05, 3.63) is 35.1 Å². The van der Waals surface area contributed by atoms with E-state index in [1.807, 2.05) is 0 Å². The lowest BCUT2D eigenvalue weighted by Crippen LogP contribution is -2.34. The van der Waals surface area contributed by atoms with E-state index in [9.17, 15) is 17.6 Å². The zero-order valence-electron chi connectivity index (χ0n) is 10.0. The highest BCUT2D eigenvalue weighted by Gasteiger charge is 2.35. The number of nitrogens with two attached hydrogens (primary N) is 1. The Bertz CT molecular complexity index is 444. The Morgan fingerprint density at radius 3 is 2.63 bits per heavy atom. The van der Waals surface area contributed by atoms with Crippen LogP contribution in [-0.2, 0) is 6.18 Å². The topological polar surface area (TPSA) is 38.0 Å². The van der Waals surface area contributed by atoms with E-state index < -0.39 is 23.6 Å². The van der Waals surface area contributed by atoms with Gasteiger partial charge in [-0.3, -0.25) is 11.3 Å². The number of benzene rings is 1. The molecule has 1 aromatic carbocycles. The Hall–Kier alpha value is -0.790. The lowest BCUT2D eigenvalue weighted by molar-refractivity contribution is -0.140. The fraction of sp³-hybridized carbons (Fsp3) is 0.500. The van der Waals surface area contributed by atoms with Crippen LogP contribution >= 0.6 is 11.8 Å². The fourth-order valence-corrected chi connectivity index (χ4v) is 3.63. The van der Waals surface area contributed by atoms with Gasteiger partial charge in [0.2, 0.25) is 0 Å². The molecule has 1 fully saturated rings. The van der Waals surface area contributed by atoms with Crippen molar-refractivity contribution < 1.29 is 17.6 Å². The summed E-state index contributed by atoms with van der Waals surface area (Å²) in [5.41, 5.74) is 1.68. The van der Waals surface area contributed by atoms with Crippen molar-refractivity contribution in [3.63, 3.8) is 0 Å². The average molecular weight is 294 g/mol. The molecule has 1 aliphatic rings. The third-order valence-corrected chi connectivity index (χ3v) is 4.63. The van der Waals surface area contributed by atoms with Crippen molar-refractivity contribution in [1.82, 2.24) is 5.43 Å². The Morgan fingerprint density at radius 1 is 1.37 bits per heavy atom. The van der Waals surface area contributed by atoms with Gasteiger partial charge >= 0.3 is 6.18 Å². The van der Waals surface area contributed by atoms with Crippen molar-refractivity contribution in [2.24, 2.45) is 5.84 Å². The van der Waals surface area contributed by atoms with Gasteiger partial charge in [0.05, 0.1) is 11.6 Å². The molecule has 0 amide bonds. The average Bonchev–Trinajstić information content (AvgIpc) is 2.84. The second-order valence-electron chi connectivity index (χ2n) is 4.43. The van der Waals surface area contributed by atoms with E-state index >= 15 is 0 Å². The van der Waals surface area contributed by atoms with Crippen molar-refractivity contribution in [3.8, 4) is 0 Å². The summed E-state index contributed by atoms with van der Waals surface area (Å²) < 4.78 is 51.3. The first kappa shape index (κ1) is 14.6. The summed E-state index contributed by atoms with van der Waals surface area (Å²) in [5.74, 6) is 5.15. The maximum Gasteiger partial charge on any atom is 0.419 e. The molecule has 106 valence electrons. The molecular formula is C12H14F4N2S. The van der Waals surface area contributed by atoms with Crippen molar-refractivity contribution in [2.45, 2.75) is 30.3 Å². The third kappa shape index (κ3) is 3.21. The lowest BCUT2D eigenvalue weighted by Gasteiger charge is -2.23. The maximum atomic E-state index is 13.2. The Kier molecular flexibility index (Phi) is 4.37. The van der Waals surface area contributed by atoms with Crippen LogP contribution in [0.15, 0.2) is 18.2 Å². The van der Waals surface area contributed by atoms with Gasteiger partial charge in [-0.25, -0.2) is 4.39 Å². The molecule has 7 heteroatoms. The largest absolute Gasteiger partial charge is 0.419 e. The normalized spacial score (nSPS) is 21.6. The van der Waals surface area contributed by atoms with Gasteiger partial charge in [0.25, 0.3) is 0 Å². The van der Waals surface area contributed by atoms with Crippen LogP contribution in [0.4, 0.5) is 17.6 Å². The number of halogens is 4. The molecule has 19 heavy (non-hydrogen) atoms. The Balaban J connectivity index is 2.33. The minimum Gasteiger partial charge on any atom is -0.271 e. The molecule has 2 nitrogen and oxygen atoms in total. The quantitative estimate of drug-likeness (QED) is 0.510. The number of nitrogens with one attached hydrogen (secondary N) is 1. The molecule has 2 rings (SSSR count). The highest BCUT2D eigenvalue weighted by atomic mass is 32.2. The number of hydrogen-bond acceptors (Lipinski definition) is 3. The van der Waals surface area contributed by atoms with Crippen LogP contribution in [0.5, 0.6) is 0 Å². The second kappa shape index (κ2) is 5.68. The fourth-order valence-electron chi connectivity index (χ4n) is 2.24. The summed E-state index contributed by atoms with van der Waals surface area (Å²) in [6, 6.07) is 2.66. The zero-order chi connectivity index (χ0) is 14.0. The molecule has 1 aliphatic heterocycles. The van der Waals surface area contributed by atoms with Gasteiger partial charge in [-0.1, -0.05) is 6.07 Å². The number of rotatable bonds is 3. The van der Waals surface area contributed by atoms with E-state index in [0.717, 1.165) is 30.7 Å². The van der Waals surface area contributed by atoms with E-state index in [-0.39, 0.29) is 5.25 Å². The minimum atomic E-state index is -4.69. The Labute approximate surface area is 112 Å². The molecule has 1 heterocycles. The van der Waals surface area contributed by atoms with E-state index in [0.29, 0.717) is 5.56 Å². The minimum absolute atomic E-state index is 0.122. The van der Waals surface area contributed by atoms with Gasteiger partial charge in [0, 0.05) is 5.25 Å². The third-order valence-electron chi connectivity index (χ3n) is 3.17. The van der Waals surface area contributed by atoms with Crippen LogP contribution in [0.3, 0.4) is 0 Å². The van der Waals surface area contributed by atoms with Crippen LogP contribution in [0, 0.1) is 5.82 Å². The molecule has 0 saturated carbocycles. The summed E-state index contributed by atoms with van der Waals surface area (Å²) in [5, 5.41) is 0.122. The van der Waals surface area contributed by atoms with E-state index in [1.54, 1.807) is 11.8 Å². The second-order valence-corrected chi connectivity index (χ2v) is 5.78. The summed E-state index contributed by atoms with van der Waals surface area (Å²) in [6.45, 7) is 0. The maximum absolute atomic E-state index is 13.2. The van der Waals surface area contributed by atoms with Gasteiger partial charge in [0.15, 0.2) is 0 Å². The van der Waals surface area contributed by atoms with Crippen LogP contribution in [0.1, 0.15) is 30.0 Å². The van der Waals surface area contributed by atoms with Crippen molar-refractivity contribution in [2.75, 3.05) is 5.75 Å². The highest BCUT2D eigenvalue weighted by molar-refractivity contribution is 8.00. The summed E-state index contributed by atoms with van der Waals surface area (Å²) in [6.07, 6.45) is -2.79. The van der Waals surface area contributed by atoms with Crippen molar-refractivity contribution >= 4 is 11.8 Å². The number of hydrogen-bond donors (Lipinski definition) is 2. The van der Waals surface area contributed by atoms with Crippen LogP contribution in [-0.4, -0.2) is 11.0 Å². The zero-order valence-corrected chi connectivity index (χ0v) is 10.8. The molecule has 0 aromatic heterocycles. The first-order chi connectivity index (χ1) is 8.93. The Morgan fingerprint density at radius 2 is 2.11 bits per heavy atom. The van der Waals surface area contributed by atoms with Crippen molar-refractivity contribution in [1.29, 1.82) is 0 Å². The van der Waals surface area contributed by atoms with Crippen LogP contribution in [0.25, 0.3) is 0 Å². The first-order valence-electron chi connectivity index (χ1n) is 5.88. The summed E-state index contributed by atoms with van der Waals surface area (Å²) in [4.78, 5) is 0. The molecule has 1 aromatic rings. The lowest BCUT2D eigenvalue weighted by atomic mass is 9.99. The SMILES string of the molecule is NNC(c1ccc(F)c(C(F)(F)F)c1)C1CCCS1. The molecule has 2 unspecified atom stereocenters. The standard InChI is InChI=1S/C12H14F4N2S/c13-9-4-3-7(6-8(9)12(14,15)16)11(18-17)10-2-1-5-19-10/h3-4,6,10-11,18H,1-2,5,17H2. The number of hydrazine groups is 1. The van der Waals surface area contributed by atoms with Gasteiger partial charge in [-0.05, 0) is 36.3 Å². The molecule has 0 spiro atoms. The summed E-state index contributed by atoms with van der Waals surface area (Å²) >= 11 is 1.67. The summed E-state index contributed by atoms with van der Waals surface area (Å²) in [7, 11) is 0. The van der Waals surface area contributed by atoms with Gasteiger partial charge in [-0.15, -0.1) is 0 Å². The highest BCUT2D eigenvalue weighted by Crippen LogP contribution is 2.38. The van der Waals surface area contributed by atoms with Gasteiger partial charge < -0.3 is 0 Å².